The van der Waals surface area contributed by atoms with Crippen molar-refractivity contribution in [1.82, 2.24) is 5.32 Å². The molecule has 1 unspecified atom stereocenters. The molecule has 1 aromatic carbocycles. The van der Waals surface area contributed by atoms with E-state index in [2.05, 4.69) is 5.32 Å². The fourth-order valence-corrected chi connectivity index (χ4v) is 1.73. The van der Waals surface area contributed by atoms with Crippen LogP contribution >= 0.6 is 0 Å². The summed E-state index contributed by atoms with van der Waals surface area (Å²) in [6, 6.07) is 5.28. The van der Waals surface area contributed by atoms with Crippen molar-refractivity contribution in [1.29, 1.82) is 0 Å². The van der Waals surface area contributed by atoms with Crippen LogP contribution in [0.25, 0.3) is 0 Å². The van der Waals surface area contributed by atoms with Crippen LogP contribution in [0.15, 0.2) is 18.2 Å². The van der Waals surface area contributed by atoms with Crippen LogP contribution in [-0.4, -0.2) is 43.9 Å². The quantitative estimate of drug-likeness (QED) is 0.785. The van der Waals surface area contributed by atoms with Gasteiger partial charge in [0.05, 0.1) is 25.2 Å². The average Bonchev–Trinajstić information content (AvgIpc) is 2.42. The Morgan fingerprint density at radius 2 is 2.05 bits per heavy atom. The predicted molar refractivity (Wildman–Crippen MR) is 73.1 cm³/mol. The van der Waals surface area contributed by atoms with Crippen LogP contribution in [0.5, 0.6) is 5.75 Å². The van der Waals surface area contributed by atoms with E-state index in [1.807, 2.05) is 13.0 Å². The smallest absolute Gasteiger partial charge is 0.306 e. The number of hydrogen-bond acceptors (Lipinski definition) is 4. The van der Waals surface area contributed by atoms with E-state index in [4.69, 9.17) is 14.6 Å². The number of carbonyl (C=O) groups excluding carboxylic acids is 1. The minimum Gasteiger partial charge on any atom is -0.496 e. The molecule has 0 radical (unpaired) electrons. The third-order valence-electron chi connectivity index (χ3n) is 2.83. The Bertz CT molecular complexity index is 486. The molecule has 1 amide bonds. The monoisotopic (exact) mass is 281 g/mol. The maximum absolute atomic E-state index is 12.1. The van der Waals surface area contributed by atoms with Crippen LogP contribution in [0.1, 0.15) is 22.3 Å². The number of carbonyl (C=O) groups is 2. The number of aryl methyl sites for hydroxylation is 1. The van der Waals surface area contributed by atoms with Gasteiger partial charge >= 0.3 is 5.97 Å². The molecule has 6 nitrogen and oxygen atoms in total. The van der Waals surface area contributed by atoms with Gasteiger partial charge in [0.1, 0.15) is 5.75 Å². The van der Waals surface area contributed by atoms with E-state index < -0.39 is 12.1 Å². The second-order valence-electron chi connectivity index (χ2n) is 4.37. The van der Waals surface area contributed by atoms with E-state index in [9.17, 15) is 9.59 Å². The summed E-state index contributed by atoms with van der Waals surface area (Å²) in [6.07, 6.45) is -0.728. The molecule has 2 N–H and O–H groups in total. The van der Waals surface area contributed by atoms with Gasteiger partial charge in [-0.1, -0.05) is 11.6 Å². The Morgan fingerprint density at radius 1 is 1.35 bits per heavy atom. The van der Waals surface area contributed by atoms with Crippen LogP contribution in [0, 0.1) is 6.92 Å². The zero-order valence-electron chi connectivity index (χ0n) is 11.8. The first-order chi connectivity index (χ1) is 9.47. The largest absolute Gasteiger partial charge is 0.496 e. The van der Waals surface area contributed by atoms with E-state index in [1.165, 1.54) is 14.2 Å². The van der Waals surface area contributed by atoms with Crippen molar-refractivity contribution in [2.24, 2.45) is 0 Å². The fourth-order valence-electron chi connectivity index (χ4n) is 1.73. The van der Waals surface area contributed by atoms with Gasteiger partial charge in [-0.25, -0.2) is 0 Å². The number of aliphatic carboxylic acids is 1. The summed E-state index contributed by atoms with van der Waals surface area (Å²) in [5.74, 6) is -0.822. The maximum atomic E-state index is 12.1. The van der Waals surface area contributed by atoms with Gasteiger partial charge in [0.15, 0.2) is 0 Å². The molecule has 0 spiro atoms. The first-order valence-electron chi connectivity index (χ1n) is 6.15. The second-order valence-corrected chi connectivity index (χ2v) is 4.37. The predicted octanol–water partition coefficient (Wildman–Crippen LogP) is 1.22. The summed E-state index contributed by atoms with van der Waals surface area (Å²) < 4.78 is 10.1. The van der Waals surface area contributed by atoms with Gasteiger partial charge in [-0.3, -0.25) is 9.59 Å². The molecule has 1 atom stereocenters. The number of amides is 1. The number of carboxylic acids is 1. The zero-order valence-corrected chi connectivity index (χ0v) is 11.8. The first kappa shape index (κ1) is 16.0. The normalized spacial score (nSPS) is 11.8. The number of hydrogen-bond donors (Lipinski definition) is 2. The van der Waals surface area contributed by atoms with Gasteiger partial charge in [0.2, 0.25) is 0 Å². The van der Waals surface area contributed by atoms with Crippen LogP contribution in [-0.2, 0) is 9.53 Å². The molecule has 0 aliphatic rings. The minimum absolute atomic E-state index is 0.124. The summed E-state index contributed by atoms with van der Waals surface area (Å²) in [7, 11) is 2.90. The Morgan fingerprint density at radius 3 is 2.60 bits per heavy atom. The van der Waals surface area contributed by atoms with Crippen LogP contribution in [0.4, 0.5) is 0 Å². The molecular formula is C14H19NO5. The van der Waals surface area contributed by atoms with Crippen molar-refractivity contribution in [2.45, 2.75) is 19.4 Å². The minimum atomic E-state index is -0.973. The molecule has 1 rings (SSSR count). The van der Waals surface area contributed by atoms with Gasteiger partial charge in [-0.05, 0) is 19.1 Å². The summed E-state index contributed by atoms with van der Waals surface area (Å²) in [5, 5.41) is 11.4. The van der Waals surface area contributed by atoms with Crippen molar-refractivity contribution >= 4 is 11.9 Å². The van der Waals surface area contributed by atoms with Gasteiger partial charge in [-0.15, -0.1) is 0 Å². The average molecular weight is 281 g/mol. The van der Waals surface area contributed by atoms with Gasteiger partial charge in [0.25, 0.3) is 5.91 Å². The van der Waals surface area contributed by atoms with E-state index in [1.54, 1.807) is 12.1 Å². The van der Waals surface area contributed by atoms with E-state index in [-0.39, 0.29) is 18.9 Å². The lowest BCUT2D eigenvalue weighted by Gasteiger charge is -2.15. The Labute approximate surface area is 117 Å². The molecule has 0 aliphatic heterocycles. The topological polar surface area (TPSA) is 84.9 Å². The van der Waals surface area contributed by atoms with Crippen molar-refractivity contribution < 1.29 is 24.2 Å². The molecule has 0 saturated heterocycles. The number of benzene rings is 1. The Balaban J connectivity index is 2.71. The molecule has 0 bridgehead atoms. The van der Waals surface area contributed by atoms with Crippen LogP contribution in [0.3, 0.4) is 0 Å². The highest BCUT2D eigenvalue weighted by Crippen LogP contribution is 2.19. The molecule has 0 saturated carbocycles. The summed E-state index contributed by atoms with van der Waals surface area (Å²) in [6.45, 7) is 2.00. The van der Waals surface area contributed by atoms with Gasteiger partial charge in [0, 0.05) is 13.7 Å². The van der Waals surface area contributed by atoms with Gasteiger partial charge < -0.3 is 19.9 Å². The zero-order chi connectivity index (χ0) is 15.1. The van der Waals surface area contributed by atoms with Crippen molar-refractivity contribution in [2.75, 3.05) is 20.8 Å². The standard InChI is InChI=1S/C14H19NO5/c1-9-4-5-12(20-3)11(6-9)14(18)15-8-10(19-2)7-13(16)17/h4-6,10H,7-8H2,1-3H3,(H,15,18)(H,16,17). The number of methoxy groups -OCH3 is 2. The SMILES string of the molecule is COc1ccc(C)cc1C(=O)NCC(CC(=O)O)OC. The molecule has 0 aromatic heterocycles. The number of rotatable bonds is 7. The summed E-state index contributed by atoms with van der Waals surface area (Å²) in [5.41, 5.74) is 1.35. The lowest BCUT2D eigenvalue weighted by molar-refractivity contribution is -0.139. The molecule has 1 aromatic rings. The molecule has 0 heterocycles. The van der Waals surface area contributed by atoms with Crippen molar-refractivity contribution in [3.8, 4) is 5.75 Å². The van der Waals surface area contributed by atoms with Crippen LogP contribution in [0.2, 0.25) is 0 Å². The highest BCUT2D eigenvalue weighted by atomic mass is 16.5. The third kappa shape index (κ3) is 4.55. The highest BCUT2D eigenvalue weighted by Gasteiger charge is 2.16. The molecule has 20 heavy (non-hydrogen) atoms. The maximum Gasteiger partial charge on any atom is 0.306 e. The molecule has 110 valence electrons. The number of ether oxygens (including phenoxy) is 2. The van der Waals surface area contributed by atoms with E-state index >= 15 is 0 Å². The summed E-state index contributed by atoms with van der Waals surface area (Å²) >= 11 is 0. The first-order valence-corrected chi connectivity index (χ1v) is 6.15. The van der Waals surface area contributed by atoms with Gasteiger partial charge in [-0.2, -0.15) is 0 Å². The van der Waals surface area contributed by atoms with E-state index in [0.717, 1.165) is 5.56 Å². The Hall–Kier alpha value is -2.08. The van der Waals surface area contributed by atoms with Crippen molar-refractivity contribution in [3.63, 3.8) is 0 Å². The molecule has 0 aliphatic carbocycles. The van der Waals surface area contributed by atoms with Crippen molar-refractivity contribution in [3.05, 3.63) is 29.3 Å². The summed E-state index contributed by atoms with van der Waals surface area (Å²) in [4.78, 5) is 22.7. The van der Waals surface area contributed by atoms with Crippen LogP contribution < -0.4 is 10.1 Å². The molecule has 0 fully saturated rings. The number of nitrogens with one attached hydrogen (secondary N) is 1. The van der Waals surface area contributed by atoms with E-state index in [0.29, 0.717) is 11.3 Å². The fraction of sp³-hybridized carbons (Fsp3) is 0.429. The molecular weight excluding hydrogens is 262 g/mol. The second kappa shape index (κ2) is 7.49. The Kier molecular flexibility index (Phi) is 5.99. The lowest BCUT2D eigenvalue weighted by Crippen LogP contribution is -2.34. The number of carboxylic acid groups (broad SMARTS) is 1. The lowest BCUT2D eigenvalue weighted by atomic mass is 10.1. The molecule has 6 heteroatoms. The highest BCUT2D eigenvalue weighted by molar-refractivity contribution is 5.97. The third-order valence-corrected chi connectivity index (χ3v) is 2.83.